The van der Waals surface area contributed by atoms with E-state index in [1.54, 1.807) is 0 Å². The van der Waals surface area contributed by atoms with Crippen molar-refractivity contribution in [1.82, 2.24) is 19.1 Å². The van der Waals surface area contributed by atoms with Gasteiger partial charge in [0.05, 0.1) is 22.1 Å². The summed E-state index contributed by atoms with van der Waals surface area (Å²) >= 11 is 0. The smallest absolute Gasteiger partial charge is 0.145 e. The highest BCUT2D eigenvalue weighted by Gasteiger charge is 2.34. The fourth-order valence-electron chi connectivity index (χ4n) is 11.1. The van der Waals surface area contributed by atoms with E-state index in [0.29, 0.717) is 0 Å². The van der Waals surface area contributed by atoms with Crippen LogP contribution in [-0.2, 0) is 0 Å². The minimum absolute atomic E-state index is 0.908. The molecule has 4 nitrogen and oxygen atoms in total. The van der Waals surface area contributed by atoms with E-state index in [1.807, 2.05) is 0 Å². The van der Waals surface area contributed by atoms with Gasteiger partial charge in [0.25, 0.3) is 0 Å². The van der Waals surface area contributed by atoms with Crippen molar-refractivity contribution in [3.8, 4) is 34.2 Å². The molecule has 71 heavy (non-hydrogen) atoms. The van der Waals surface area contributed by atoms with Gasteiger partial charge in [-0.1, -0.05) is 194 Å². The number of aromatic nitrogens is 4. The minimum atomic E-state index is -2.05. The lowest BCUT2D eigenvalue weighted by molar-refractivity contribution is 1.10. The molecule has 0 radical (unpaired) electrons. The zero-order valence-electron chi connectivity index (χ0n) is 38.6. The topological polar surface area (TPSA) is 35.6 Å². The molecule has 12 aromatic carbocycles. The first kappa shape index (κ1) is 41.0. The summed E-state index contributed by atoms with van der Waals surface area (Å²) in [5, 5.41) is 9.52. The number of nitrogens with zero attached hydrogens (tertiary/aromatic N) is 4. The van der Waals surface area contributed by atoms with Crippen molar-refractivity contribution in [2.75, 3.05) is 0 Å². The lowest BCUT2D eigenvalue weighted by Gasteiger charge is -2.42. The van der Waals surface area contributed by atoms with Crippen LogP contribution in [-0.4, -0.2) is 19.1 Å². The molecule has 0 aliphatic rings. The minimum Gasteiger partial charge on any atom is -0.292 e. The Kier molecular flexibility index (Phi) is 9.58. The number of hydrogen-bond donors (Lipinski definition) is 0. The van der Waals surface area contributed by atoms with Gasteiger partial charge in [-0.2, -0.15) is 0 Å². The van der Waals surface area contributed by atoms with Crippen LogP contribution in [0, 0.1) is 0 Å². The van der Waals surface area contributed by atoms with E-state index in [9.17, 15) is 0 Å². The van der Waals surface area contributed by atoms with Crippen molar-refractivity contribution in [2.45, 2.75) is 19.6 Å². The van der Waals surface area contributed by atoms with Gasteiger partial charge < -0.3 is 0 Å². The van der Waals surface area contributed by atoms with Gasteiger partial charge in [0.15, 0.2) is 0 Å². The standard InChI is InChI=1S/C66H44N4S/c1-5-21-47(22-6-1)69-63-59-35-19-15-31-55(59)53-29-13-17-33-57(53)61(63)67-65(69)45-37-41-51(42-38-45)71(49-25-9-3-10-26-49,50-27-11-4-12-28-50)52-43-39-46(40-44-52)66-68-62-58-34-18-14-30-54(58)56-32-16-20-36-60(56)64(62)70(66)48-23-7-2-8-24-48/h1-44H. The molecule has 14 aromatic rings. The second-order valence-electron chi connectivity index (χ2n) is 18.1. The molecular formula is C66H44N4S. The van der Waals surface area contributed by atoms with Crippen LogP contribution in [0.1, 0.15) is 0 Å². The van der Waals surface area contributed by atoms with Gasteiger partial charge in [-0.3, -0.25) is 9.13 Å². The number of imidazole rings is 2. The molecule has 0 atom stereocenters. The van der Waals surface area contributed by atoms with Crippen molar-refractivity contribution < 1.29 is 0 Å². The molecule has 0 fully saturated rings. The Morgan fingerprint density at radius 3 is 0.859 bits per heavy atom. The van der Waals surface area contributed by atoms with Crippen molar-refractivity contribution in [3.05, 3.63) is 267 Å². The number of fused-ring (bicyclic) bond motifs is 12. The molecule has 0 N–H and O–H groups in total. The summed E-state index contributed by atoms with van der Waals surface area (Å²) in [4.78, 5) is 16.2. The van der Waals surface area contributed by atoms with Crippen LogP contribution in [0.25, 0.3) is 99.3 Å². The van der Waals surface area contributed by atoms with Gasteiger partial charge in [-0.05, 0) is 94.3 Å². The van der Waals surface area contributed by atoms with E-state index in [-0.39, 0.29) is 0 Å². The molecule has 14 rings (SSSR count). The van der Waals surface area contributed by atoms with E-state index < -0.39 is 10.0 Å². The van der Waals surface area contributed by atoms with Gasteiger partial charge in [0, 0.05) is 63.6 Å². The third-order valence-corrected chi connectivity index (χ3v) is 18.1. The number of para-hydroxylation sites is 2. The van der Waals surface area contributed by atoms with Crippen LogP contribution in [0.15, 0.2) is 287 Å². The molecule has 2 aromatic heterocycles. The average molecular weight is 925 g/mol. The Bertz CT molecular complexity index is 4020. The van der Waals surface area contributed by atoms with Crippen molar-refractivity contribution >= 4 is 75.2 Å². The van der Waals surface area contributed by atoms with Crippen LogP contribution >= 0.6 is 10.0 Å². The third-order valence-electron chi connectivity index (χ3n) is 14.2. The van der Waals surface area contributed by atoms with Gasteiger partial charge >= 0.3 is 0 Å². The van der Waals surface area contributed by atoms with Gasteiger partial charge in [-0.15, -0.1) is 10.0 Å². The maximum absolute atomic E-state index is 5.58. The molecule has 0 aliphatic heterocycles. The first-order valence-electron chi connectivity index (χ1n) is 24.1. The molecule has 5 heteroatoms. The Morgan fingerprint density at radius 1 is 0.239 bits per heavy atom. The van der Waals surface area contributed by atoms with Crippen LogP contribution in [0.2, 0.25) is 0 Å². The molecule has 0 saturated heterocycles. The number of hydrogen-bond acceptors (Lipinski definition) is 2. The predicted octanol–water partition coefficient (Wildman–Crippen LogP) is 17.7. The van der Waals surface area contributed by atoms with Gasteiger partial charge in [0.2, 0.25) is 0 Å². The summed E-state index contributed by atoms with van der Waals surface area (Å²) in [6.07, 6.45) is 0. The largest absolute Gasteiger partial charge is 0.292 e. The molecule has 0 spiro atoms. The van der Waals surface area contributed by atoms with E-state index in [2.05, 4.69) is 276 Å². The SMILES string of the molecule is c1ccc(-n2c(-c3ccc(S(c4ccccc4)(c4ccccc4)c4ccc(-c5nc6c7ccccc7c7ccccc7c6n5-c5ccccc5)cc4)cc3)nc3c4ccccc4c4ccccc4c32)cc1. The lowest BCUT2D eigenvalue weighted by atomic mass is 10.00. The fraction of sp³-hybridized carbons (Fsp3) is 0. The first-order valence-corrected chi connectivity index (χ1v) is 25.8. The summed E-state index contributed by atoms with van der Waals surface area (Å²) in [6.45, 7) is 0. The van der Waals surface area contributed by atoms with E-state index in [1.165, 1.54) is 51.9 Å². The Labute approximate surface area is 412 Å². The molecule has 334 valence electrons. The van der Waals surface area contributed by atoms with Crippen molar-refractivity contribution in [3.63, 3.8) is 0 Å². The second kappa shape index (κ2) is 16.6. The highest BCUT2D eigenvalue weighted by molar-refractivity contribution is 8.34. The quantitative estimate of drug-likeness (QED) is 0.142. The third kappa shape index (κ3) is 6.33. The summed E-state index contributed by atoms with van der Waals surface area (Å²) in [5.41, 5.74) is 8.46. The van der Waals surface area contributed by atoms with Crippen LogP contribution in [0.5, 0.6) is 0 Å². The predicted molar refractivity (Wildman–Crippen MR) is 297 cm³/mol. The Balaban J connectivity index is 0.982. The maximum Gasteiger partial charge on any atom is 0.145 e. The van der Waals surface area contributed by atoms with Crippen molar-refractivity contribution in [2.24, 2.45) is 0 Å². The summed E-state index contributed by atoms with van der Waals surface area (Å²) < 4.78 is 4.72. The lowest BCUT2D eigenvalue weighted by Crippen LogP contribution is -2.05. The molecule has 0 saturated carbocycles. The summed E-state index contributed by atoms with van der Waals surface area (Å²) in [7, 11) is -2.05. The fourth-order valence-corrected chi connectivity index (χ4v) is 15.0. The molecule has 0 amide bonds. The maximum atomic E-state index is 5.58. The first-order chi connectivity index (χ1) is 35.3. The zero-order valence-corrected chi connectivity index (χ0v) is 39.4. The second-order valence-corrected chi connectivity index (χ2v) is 21.2. The molecule has 2 heterocycles. The van der Waals surface area contributed by atoms with E-state index in [0.717, 1.165) is 67.0 Å². The number of benzene rings is 12. The highest BCUT2D eigenvalue weighted by atomic mass is 32.3. The highest BCUT2D eigenvalue weighted by Crippen LogP contribution is 2.73. The molecule has 0 bridgehead atoms. The number of rotatable bonds is 8. The van der Waals surface area contributed by atoms with Crippen LogP contribution in [0.4, 0.5) is 0 Å². The van der Waals surface area contributed by atoms with Gasteiger partial charge in [0.1, 0.15) is 11.6 Å². The average Bonchev–Trinajstić information content (AvgIpc) is 4.07. The van der Waals surface area contributed by atoms with Gasteiger partial charge in [-0.25, -0.2) is 9.97 Å². The van der Waals surface area contributed by atoms with Crippen LogP contribution < -0.4 is 0 Å². The van der Waals surface area contributed by atoms with E-state index >= 15 is 0 Å². The van der Waals surface area contributed by atoms with Crippen molar-refractivity contribution in [1.29, 1.82) is 0 Å². The molecule has 0 aliphatic carbocycles. The Morgan fingerprint density at radius 2 is 0.507 bits per heavy atom. The van der Waals surface area contributed by atoms with Crippen LogP contribution in [0.3, 0.4) is 0 Å². The molecule has 0 unspecified atom stereocenters. The van der Waals surface area contributed by atoms with E-state index in [4.69, 9.17) is 9.97 Å². The molecular weight excluding hydrogens is 881 g/mol. The normalized spacial score (nSPS) is 12.2. The zero-order chi connectivity index (χ0) is 46.9. The monoisotopic (exact) mass is 924 g/mol. The summed E-state index contributed by atoms with van der Waals surface area (Å²) in [5.74, 6) is 1.82. The summed E-state index contributed by atoms with van der Waals surface area (Å²) in [6, 6.07) is 97.0. The Hall–Kier alpha value is -9.03.